The Kier molecular flexibility index (Phi) is 19.0. The Balaban J connectivity index is 0.0000000970. The molecule has 0 N–H and O–H groups in total. The van der Waals surface area contributed by atoms with Gasteiger partial charge in [-0.25, -0.2) is 19.9 Å². The molecule has 29 nitrogen and oxygen atoms in total. The van der Waals surface area contributed by atoms with Crippen LogP contribution in [0.3, 0.4) is 0 Å². The lowest BCUT2D eigenvalue weighted by molar-refractivity contribution is -0.744. The van der Waals surface area contributed by atoms with Gasteiger partial charge in [-0.05, 0) is 126 Å². The van der Waals surface area contributed by atoms with Crippen LogP contribution in [0.5, 0.6) is 0 Å². The molecule has 0 radical (unpaired) electrons. The molecular weight excluding hydrogens is 1580 g/mol. The number of rotatable bonds is 6. The second-order valence-corrected chi connectivity index (χ2v) is 32.6. The van der Waals surface area contributed by atoms with E-state index in [0.717, 1.165) is 150 Å². The van der Waals surface area contributed by atoms with Gasteiger partial charge in [0, 0.05) is 116 Å². The van der Waals surface area contributed by atoms with Gasteiger partial charge >= 0.3 is 11.6 Å². The molecule has 0 saturated carbocycles. The average Bonchev–Trinajstić information content (AvgIpc) is 1.59. The third-order valence-electron chi connectivity index (χ3n) is 23.3. The van der Waals surface area contributed by atoms with Gasteiger partial charge in [0.25, 0.3) is 11.4 Å². The number of benzene rings is 6. The Bertz CT molecular complexity index is 7660. The van der Waals surface area contributed by atoms with Crippen molar-refractivity contribution in [3.8, 4) is 22.7 Å². The molecule has 30 heteroatoms. The van der Waals surface area contributed by atoms with Crippen LogP contribution in [0.25, 0.3) is 155 Å². The van der Waals surface area contributed by atoms with E-state index in [0.29, 0.717) is 52.1 Å². The largest absolute Gasteiger partial charge is 0.437 e. The molecule has 22 aromatic rings. The number of anilines is 2. The van der Waals surface area contributed by atoms with Gasteiger partial charge in [-0.15, -0.1) is 37.5 Å². The van der Waals surface area contributed by atoms with Crippen molar-refractivity contribution < 1.29 is 62.9 Å². The van der Waals surface area contributed by atoms with Crippen molar-refractivity contribution in [2.75, 3.05) is 23.9 Å². The summed E-state index contributed by atoms with van der Waals surface area (Å²) in [6, 6.07) is 33.1. The highest BCUT2D eigenvalue weighted by Crippen LogP contribution is 2.44. The Hall–Kier alpha value is -14.7. The summed E-state index contributed by atoms with van der Waals surface area (Å²) in [6.07, 6.45) is 25.0. The molecule has 2 atom stereocenters. The molecule has 0 unspecified atom stereocenters. The predicted octanol–water partition coefficient (Wildman–Crippen LogP) is 19.0. The molecule has 0 amide bonds. The highest BCUT2D eigenvalue weighted by atomic mass is 32.1. The van der Waals surface area contributed by atoms with E-state index in [9.17, 15) is 0 Å². The fraction of sp³-hybridized carbons (Fsp3) is 0.247. The second-order valence-electron chi connectivity index (χ2n) is 31.6. The Morgan fingerprint density at radius 1 is 0.341 bits per heavy atom. The first kappa shape index (κ1) is 78.2. The van der Waals surface area contributed by atoms with E-state index in [4.69, 9.17) is 44.2 Å². The molecule has 0 bridgehead atoms. The first-order valence-corrected chi connectivity index (χ1v) is 41.3. The van der Waals surface area contributed by atoms with Crippen LogP contribution in [0, 0.1) is 83.1 Å². The zero-order chi connectivity index (χ0) is 85.7. The van der Waals surface area contributed by atoms with Crippen molar-refractivity contribution in [1.82, 2.24) is 63.0 Å². The number of oxazole rings is 5. The van der Waals surface area contributed by atoms with Gasteiger partial charge < -0.3 is 68.3 Å². The van der Waals surface area contributed by atoms with Gasteiger partial charge in [0.2, 0.25) is 21.8 Å². The molecule has 2 aliphatic rings. The number of furan rings is 5. The lowest BCUT2D eigenvalue weighted by Gasteiger charge is -2.28. The minimum absolute atomic E-state index is 0.250. The summed E-state index contributed by atoms with van der Waals surface area (Å²) in [5, 5.41) is 6.14. The average molecular weight is 1670 g/mol. The van der Waals surface area contributed by atoms with Gasteiger partial charge in [-0.3, -0.25) is 0 Å². The third-order valence-corrected chi connectivity index (χ3v) is 24.4. The molecule has 16 aromatic heterocycles. The molecule has 6 aromatic carbocycles. The summed E-state index contributed by atoms with van der Waals surface area (Å²) in [5.74, 6) is 5.17. The van der Waals surface area contributed by atoms with Crippen molar-refractivity contribution in [1.29, 1.82) is 0 Å². The second kappa shape index (κ2) is 29.9. The van der Waals surface area contributed by atoms with E-state index < -0.39 is 0 Å². The first-order chi connectivity index (χ1) is 59.1. The van der Waals surface area contributed by atoms with Crippen molar-refractivity contribution in [2.24, 2.45) is 35.2 Å². The Morgan fingerprint density at radius 2 is 0.748 bits per heavy atom. The molecule has 18 heterocycles. The van der Waals surface area contributed by atoms with E-state index in [1.165, 1.54) is 32.6 Å². The van der Waals surface area contributed by atoms with E-state index in [-0.39, 0.29) is 12.3 Å². The van der Waals surface area contributed by atoms with Gasteiger partial charge in [0.1, 0.15) is 46.1 Å². The fourth-order valence-electron chi connectivity index (χ4n) is 16.6. The highest BCUT2D eigenvalue weighted by Gasteiger charge is 2.31. The first-order valence-electron chi connectivity index (χ1n) is 40.5. The number of hydrogen-bond acceptors (Lipinski definition) is 21. The van der Waals surface area contributed by atoms with Crippen molar-refractivity contribution in [3.63, 3.8) is 0 Å². The maximum absolute atomic E-state index is 6.16. The van der Waals surface area contributed by atoms with Gasteiger partial charge in [-0.2, -0.15) is 9.97 Å². The zero-order valence-electron chi connectivity index (χ0n) is 72.3. The van der Waals surface area contributed by atoms with E-state index in [2.05, 4.69) is 223 Å². The molecule has 24 rings (SSSR count). The number of imidazole rings is 1. The van der Waals surface area contributed by atoms with Crippen LogP contribution < -0.4 is 28.5 Å². The molecule has 123 heavy (non-hydrogen) atoms. The molecule has 0 saturated heterocycles. The summed E-state index contributed by atoms with van der Waals surface area (Å²) >= 11 is 1.67. The molecule has 0 spiro atoms. The number of aryl methyl sites for hydroxylation is 17. The lowest BCUT2D eigenvalue weighted by Crippen LogP contribution is -2.37. The van der Waals surface area contributed by atoms with Gasteiger partial charge in [0.15, 0.2) is 127 Å². The monoisotopic (exact) mass is 1670 g/mol. The zero-order valence-corrected chi connectivity index (χ0v) is 73.1. The predicted molar refractivity (Wildman–Crippen MR) is 472 cm³/mol. The number of aromatic nitrogens is 15. The summed E-state index contributed by atoms with van der Waals surface area (Å²) in [6.45, 7) is 28.1. The van der Waals surface area contributed by atoms with Crippen molar-refractivity contribution in [3.05, 3.63) is 240 Å². The molecule has 622 valence electrons. The Labute approximate surface area is 707 Å². The quantitative estimate of drug-likeness (QED) is 0.140. The number of nitrogens with zero attached hydrogens (tertiary/aromatic N) is 19. The summed E-state index contributed by atoms with van der Waals surface area (Å²) in [7, 11) is 14.2. The number of hydrogen-bond donors (Lipinski definition) is 0. The van der Waals surface area contributed by atoms with Gasteiger partial charge in [0.05, 0.1) is 67.8 Å². The van der Waals surface area contributed by atoms with Crippen LogP contribution in [0.2, 0.25) is 0 Å². The summed E-state index contributed by atoms with van der Waals surface area (Å²) < 4.78 is 77.5. The van der Waals surface area contributed by atoms with Crippen molar-refractivity contribution >= 4 is 154 Å². The molecule has 0 aliphatic carbocycles. The van der Waals surface area contributed by atoms with Crippen LogP contribution in [-0.4, -0.2) is 89.4 Å². The van der Waals surface area contributed by atoms with Crippen LogP contribution in [-0.2, 0) is 35.2 Å². The van der Waals surface area contributed by atoms with Crippen molar-refractivity contribution in [2.45, 2.75) is 109 Å². The van der Waals surface area contributed by atoms with Crippen LogP contribution in [0.1, 0.15) is 82.5 Å². The third kappa shape index (κ3) is 13.2. The summed E-state index contributed by atoms with van der Waals surface area (Å²) in [5.41, 5.74) is 24.6. The molecule has 0 fully saturated rings. The fourth-order valence-corrected chi connectivity index (χ4v) is 17.8. The van der Waals surface area contributed by atoms with E-state index >= 15 is 0 Å². The minimum Gasteiger partial charge on any atom is -0.437 e. The standard InChI is InChI=1S/C16H17N4O.2C16H17N3O2.2C15H14N3O2.C15H14N3OS/c1-10-6-7-12-13-16(19(4)11(2)17-13)21-15(12)14(10)20-9-5-8-18(20)3;1-9-5-6-12-13-16(20-10(2)17-13)21-15(12)14(9)19-8-7-18(4)11(19)3;1-9-5-6-12-14(21-16-15(12)20-10(2)17-16)13(9)19-8-7-18(4)11(19)3;1-9-5-6-11-13(12(9)18-8-4-7-17(18)3)20-15-14(11)19-10(2)16-15;1-9-7-11-13(20-15-14(11)16-10(2)19-15)8-12(9)18-6-4-5-17(18)3;1-9-5-6-11-12-15(19-10(2)16-12)20-14(11)13(9)18-8-4-7-17(18)3/h5-9H,1-4H3;2*5-8,11H,1-4H3;3*4-8H,1-3H3/q+1;;;3*+1/t;2*11-;;;/m.00.../s1. The lowest BCUT2D eigenvalue weighted by atomic mass is 10.1. The number of fused-ring (bicyclic) bond motifs is 18. The van der Waals surface area contributed by atoms with Crippen LogP contribution in [0.15, 0.2) is 216 Å². The Morgan fingerprint density at radius 3 is 1.24 bits per heavy atom. The molecule has 2 aliphatic heterocycles. The van der Waals surface area contributed by atoms with Gasteiger partial charge in [-0.1, -0.05) is 47.7 Å². The molecular formula is C93H93N19O10S+4. The van der Waals surface area contributed by atoms with E-state index in [1.807, 2.05) is 186 Å². The maximum atomic E-state index is 6.16. The normalized spacial score (nSPS) is 14.1. The topological polar surface area (TPSA) is 262 Å². The van der Waals surface area contributed by atoms with Crippen LogP contribution in [0.4, 0.5) is 11.4 Å². The SMILES string of the molecule is Cc1ccc2c(oc3c2nc(C)n3C)c1-n1ccc[n+]1C.Cc1nc2c(o1)oc1c(N3C=CN(C)[C@@H]3C)c(C)ccc12.Cc1nc2c(o1)oc1cc(-n3ccc[n+]3C)c(C)cc12.Cc1nc2c(o1)sc1c(-n3ccc[n+]3C)c(C)ccc12.Cc1nc2oc3c(-n4ccc[n+]4C)c(C)ccc3c2o1.Cc1nc2oc3c(N4C=CN(C)[C@@H]4C)c(C)ccc3c2o1. The maximum Gasteiger partial charge on any atom is 0.319 e. The highest BCUT2D eigenvalue weighted by molar-refractivity contribution is 7.25. The minimum atomic E-state index is 0.250. The smallest absolute Gasteiger partial charge is 0.319 e. The number of thiophene rings is 1. The van der Waals surface area contributed by atoms with E-state index in [1.54, 1.807) is 11.3 Å². The van der Waals surface area contributed by atoms with Crippen LogP contribution >= 0.6 is 11.3 Å². The summed E-state index contributed by atoms with van der Waals surface area (Å²) in [4.78, 5) is 36.2.